The van der Waals surface area contributed by atoms with Crippen molar-refractivity contribution in [2.45, 2.75) is 18.5 Å². The summed E-state index contributed by atoms with van der Waals surface area (Å²) in [6.45, 7) is 2.38. The molecule has 1 aromatic heterocycles. The summed E-state index contributed by atoms with van der Waals surface area (Å²) in [5.74, 6) is 0. The van der Waals surface area contributed by atoms with Crippen LogP contribution in [0, 0.1) is 0 Å². The highest BCUT2D eigenvalue weighted by atomic mass is 32.1. The van der Waals surface area contributed by atoms with Crippen molar-refractivity contribution in [1.29, 1.82) is 0 Å². The van der Waals surface area contributed by atoms with Gasteiger partial charge in [-0.25, -0.2) is 4.79 Å². The number of carbonyl (C=O) groups is 1. The third-order valence-corrected chi connectivity index (χ3v) is 4.02. The van der Waals surface area contributed by atoms with Gasteiger partial charge in [0.25, 0.3) is 0 Å². The smallest absolute Gasteiger partial charge is 0.407 e. The van der Waals surface area contributed by atoms with E-state index in [2.05, 4.69) is 31.8 Å². The Balaban J connectivity index is 1.93. The lowest BCUT2D eigenvalue weighted by Gasteiger charge is -2.26. The van der Waals surface area contributed by atoms with Gasteiger partial charge in [-0.15, -0.1) is 0 Å². The highest BCUT2D eigenvalue weighted by Crippen LogP contribution is 2.25. The number of thiophene rings is 1. The number of methoxy groups -OCH3 is 1. The first-order chi connectivity index (χ1) is 8.74. The van der Waals surface area contributed by atoms with Crippen molar-refractivity contribution in [3.05, 3.63) is 22.4 Å². The van der Waals surface area contributed by atoms with Gasteiger partial charge < -0.3 is 15.8 Å². The summed E-state index contributed by atoms with van der Waals surface area (Å²) in [5, 5.41) is 7.05. The van der Waals surface area contributed by atoms with Crippen LogP contribution in [0.1, 0.15) is 18.0 Å². The summed E-state index contributed by atoms with van der Waals surface area (Å²) in [6, 6.07) is 2.52. The van der Waals surface area contributed by atoms with Crippen molar-refractivity contribution in [3.63, 3.8) is 0 Å². The fourth-order valence-corrected chi connectivity index (χ4v) is 3.08. The third-order valence-electron chi connectivity index (χ3n) is 3.32. The Morgan fingerprint density at radius 3 is 3.22 bits per heavy atom. The van der Waals surface area contributed by atoms with Gasteiger partial charge in [0.05, 0.1) is 7.11 Å². The molecule has 0 aromatic carbocycles. The minimum atomic E-state index is -0.360. The molecule has 1 amide bonds. The fraction of sp³-hybridized carbons (Fsp3) is 0.583. The molecule has 1 fully saturated rings. The van der Waals surface area contributed by atoms with Crippen molar-refractivity contribution < 1.29 is 9.53 Å². The summed E-state index contributed by atoms with van der Waals surface area (Å²) in [4.78, 5) is 13.5. The molecule has 1 aromatic rings. The molecule has 1 aliphatic rings. The maximum atomic E-state index is 11.2. The number of alkyl carbamates (subject to hydrolysis) is 1. The van der Waals surface area contributed by atoms with E-state index in [0.29, 0.717) is 6.54 Å². The van der Waals surface area contributed by atoms with E-state index < -0.39 is 0 Å². The number of hydrogen-bond donors (Lipinski definition) is 2. The van der Waals surface area contributed by atoms with Crippen molar-refractivity contribution in [3.8, 4) is 0 Å². The predicted molar refractivity (Wildman–Crippen MR) is 71.6 cm³/mol. The second-order valence-corrected chi connectivity index (χ2v) is 5.20. The monoisotopic (exact) mass is 269 g/mol. The van der Waals surface area contributed by atoms with Crippen LogP contribution in [0.25, 0.3) is 0 Å². The second-order valence-electron chi connectivity index (χ2n) is 4.42. The normalized spacial score (nSPS) is 21.8. The van der Waals surface area contributed by atoms with Gasteiger partial charge in [0.1, 0.15) is 0 Å². The molecule has 100 valence electrons. The molecule has 0 spiro atoms. The summed E-state index contributed by atoms with van der Waals surface area (Å²) < 4.78 is 4.61. The van der Waals surface area contributed by atoms with Gasteiger partial charge in [0.15, 0.2) is 0 Å². The molecule has 2 unspecified atom stereocenters. The first kappa shape index (κ1) is 13.3. The maximum absolute atomic E-state index is 11.2. The number of nitrogens with one attached hydrogen (secondary N) is 1. The lowest BCUT2D eigenvalue weighted by molar-refractivity contribution is 0.165. The minimum Gasteiger partial charge on any atom is -0.453 e. The van der Waals surface area contributed by atoms with Gasteiger partial charge in [0.2, 0.25) is 0 Å². The van der Waals surface area contributed by atoms with Gasteiger partial charge in [-0.3, -0.25) is 4.90 Å². The van der Waals surface area contributed by atoms with Crippen LogP contribution in [-0.4, -0.2) is 43.8 Å². The molecule has 1 saturated heterocycles. The van der Waals surface area contributed by atoms with E-state index in [1.807, 2.05) is 0 Å². The summed E-state index contributed by atoms with van der Waals surface area (Å²) in [6.07, 6.45) is 0.581. The van der Waals surface area contributed by atoms with Crippen molar-refractivity contribution >= 4 is 17.4 Å². The summed E-state index contributed by atoms with van der Waals surface area (Å²) in [7, 11) is 1.39. The van der Waals surface area contributed by atoms with Gasteiger partial charge in [0, 0.05) is 31.7 Å². The molecule has 0 saturated carbocycles. The summed E-state index contributed by atoms with van der Waals surface area (Å²) in [5.41, 5.74) is 7.13. The topological polar surface area (TPSA) is 67.6 Å². The van der Waals surface area contributed by atoms with Crippen LogP contribution in [0.5, 0.6) is 0 Å². The largest absolute Gasteiger partial charge is 0.453 e. The van der Waals surface area contributed by atoms with Crippen LogP contribution in [0.4, 0.5) is 4.79 Å². The van der Waals surface area contributed by atoms with E-state index in [1.165, 1.54) is 12.7 Å². The van der Waals surface area contributed by atoms with E-state index in [0.717, 1.165) is 19.5 Å². The Morgan fingerprint density at radius 1 is 1.78 bits per heavy atom. The van der Waals surface area contributed by atoms with Gasteiger partial charge >= 0.3 is 6.09 Å². The molecule has 2 rings (SSSR count). The second kappa shape index (κ2) is 6.17. The Hall–Kier alpha value is -1.11. The molecule has 0 radical (unpaired) electrons. The molecule has 0 aliphatic carbocycles. The lowest BCUT2D eigenvalue weighted by atomic mass is 10.1. The number of hydrogen-bond acceptors (Lipinski definition) is 5. The van der Waals surface area contributed by atoms with Crippen LogP contribution in [-0.2, 0) is 4.74 Å². The van der Waals surface area contributed by atoms with E-state index in [9.17, 15) is 4.79 Å². The highest BCUT2D eigenvalue weighted by Gasteiger charge is 2.29. The van der Waals surface area contributed by atoms with E-state index >= 15 is 0 Å². The van der Waals surface area contributed by atoms with Crippen molar-refractivity contribution in [2.75, 3.05) is 26.7 Å². The predicted octanol–water partition coefficient (Wildman–Crippen LogP) is 1.18. The Morgan fingerprint density at radius 2 is 2.61 bits per heavy atom. The number of nitrogens with two attached hydrogens (primary N) is 1. The first-order valence-corrected chi connectivity index (χ1v) is 6.99. The van der Waals surface area contributed by atoms with Crippen LogP contribution < -0.4 is 11.1 Å². The molecular weight excluding hydrogens is 250 g/mol. The van der Waals surface area contributed by atoms with E-state index in [-0.39, 0.29) is 18.2 Å². The van der Waals surface area contributed by atoms with Crippen molar-refractivity contribution in [1.82, 2.24) is 10.2 Å². The zero-order chi connectivity index (χ0) is 13.0. The Kier molecular flexibility index (Phi) is 4.57. The van der Waals surface area contributed by atoms with Crippen LogP contribution >= 0.6 is 11.3 Å². The Labute approximate surface area is 111 Å². The van der Waals surface area contributed by atoms with Crippen LogP contribution in [0.15, 0.2) is 16.8 Å². The number of carbonyl (C=O) groups excluding carboxylic acids is 1. The minimum absolute atomic E-state index is 0.158. The zero-order valence-electron chi connectivity index (χ0n) is 10.5. The van der Waals surface area contributed by atoms with E-state index in [1.54, 1.807) is 11.3 Å². The molecule has 1 aliphatic heterocycles. The molecule has 6 heteroatoms. The average molecular weight is 269 g/mol. The molecule has 2 heterocycles. The van der Waals surface area contributed by atoms with Crippen molar-refractivity contribution in [2.24, 2.45) is 5.73 Å². The molecule has 18 heavy (non-hydrogen) atoms. The molecule has 2 atom stereocenters. The Bertz CT molecular complexity index is 383. The fourth-order valence-electron chi connectivity index (χ4n) is 2.37. The number of nitrogens with zero attached hydrogens (tertiary/aromatic N) is 1. The lowest BCUT2D eigenvalue weighted by Crippen LogP contribution is -2.38. The van der Waals surface area contributed by atoms with E-state index in [4.69, 9.17) is 5.73 Å². The van der Waals surface area contributed by atoms with Gasteiger partial charge in [-0.2, -0.15) is 11.3 Å². The number of amides is 1. The van der Waals surface area contributed by atoms with Gasteiger partial charge in [-0.05, 0) is 28.8 Å². The quantitative estimate of drug-likeness (QED) is 0.861. The molecule has 5 nitrogen and oxygen atoms in total. The summed E-state index contributed by atoms with van der Waals surface area (Å²) >= 11 is 1.69. The highest BCUT2D eigenvalue weighted by molar-refractivity contribution is 7.07. The standard InChI is InChI=1S/C12H19N3O2S/c1-17-12(16)14-10-2-4-15(7-10)11(6-13)9-3-5-18-8-9/h3,5,8,10-11H,2,4,6-7,13H2,1H3,(H,14,16). The number of likely N-dealkylation sites (tertiary alicyclic amines) is 1. The maximum Gasteiger partial charge on any atom is 0.407 e. The SMILES string of the molecule is COC(=O)NC1CCN(C(CN)c2ccsc2)C1. The number of ether oxygens (including phenoxy) is 1. The molecule has 3 N–H and O–H groups in total. The molecular formula is C12H19N3O2S. The third kappa shape index (κ3) is 3.01. The van der Waals surface area contributed by atoms with Gasteiger partial charge in [-0.1, -0.05) is 0 Å². The first-order valence-electron chi connectivity index (χ1n) is 6.05. The molecule has 0 bridgehead atoms. The zero-order valence-corrected chi connectivity index (χ0v) is 11.3. The number of rotatable bonds is 4. The van der Waals surface area contributed by atoms with Crippen LogP contribution in [0.3, 0.4) is 0 Å². The average Bonchev–Trinajstić information content (AvgIpc) is 3.02. The van der Waals surface area contributed by atoms with Crippen LogP contribution in [0.2, 0.25) is 0 Å².